The van der Waals surface area contributed by atoms with E-state index in [0.717, 1.165) is 18.1 Å². The van der Waals surface area contributed by atoms with Crippen LogP contribution in [0, 0.1) is 0 Å². The Bertz CT molecular complexity index is 276. The average molecular weight is 312 g/mol. The second-order valence-corrected chi connectivity index (χ2v) is 5.20. The molecule has 0 bridgehead atoms. The van der Waals surface area contributed by atoms with Crippen LogP contribution in [0.2, 0.25) is 0 Å². The summed E-state index contributed by atoms with van der Waals surface area (Å²) in [4.78, 5) is 22.9. The summed E-state index contributed by atoms with van der Waals surface area (Å²) < 4.78 is 4.81. The minimum atomic E-state index is -0.189. The lowest BCUT2D eigenvalue weighted by atomic mass is 10.2. The zero-order valence-corrected chi connectivity index (χ0v) is 12.7. The third-order valence-corrected chi connectivity index (χ3v) is 3.64. The molecule has 1 aliphatic rings. The molecule has 0 aromatic heterocycles. The van der Waals surface area contributed by atoms with E-state index < -0.39 is 0 Å². The molecule has 2 amide bonds. The molecule has 19 heavy (non-hydrogen) atoms. The van der Waals surface area contributed by atoms with Crippen molar-refractivity contribution in [2.45, 2.75) is 12.5 Å². The molecule has 1 fully saturated rings. The van der Waals surface area contributed by atoms with Crippen molar-refractivity contribution in [2.24, 2.45) is 0 Å². The first-order valence-electron chi connectivity index (χ1n) is 6.06. The Kier molecular flexibility index (Phi) is 11.0. The Hall–Kier alpha value is -0.500. The van der Waals surface area contributed by atoms with Crippen LogP contribution in [0.15, 0.2) is 0 Å². The van der Waals surface area contributed by atoms with E-state index in [0.29, 0.717) is 19.6 Å². The first-order valence-corrected chi connectivity index (χ1v) is 7.21. The SMILES string of the molecule is COCCNC(=O)CNC(=O)CC1CSCCN1.Cl. The van der Waals surface area contributed by atoms with Gasteiger partial charge in [0.15, 0.2) is 0 Å². The fourth-order valence-corrected chi connectivity index (χ4v) is 2.53. The summed E-state index contributed by atoms with van der Waals surface area (Å²) >= 11 is 1.85. The number of rotatable bonds is 7. The number of ether oxygens (including phenoxy) is 1. The summed E-state index contributed by atoms with van der Waals surface area (Å²) in [6.07, 6.45) is 0.429. The smallest absolute Gasteiger partial charge is 0.239 e. The van der Waals surface area contributed by atoms with Crippen molar-refractivity contribution in [1.29, 1.82) is 0 Å². The summed E-state index contributed by atoms with van der Waals surface area (Å²) in [6.45, 7) is 1.91. The van der Waals surface area contributed by atoms with E-state index in [-0.39, 0.29) is 36.8 Å². The van der Waals surface area contributed by atoms with Gasteiger partial charge in [-0.15, -0.1) is 12.4 Å². The van der Waals surface area contributed by atoms with Gasteiger partial charge >= 0.3 is 0 Å². The molecular formula is C11H22ClN3O3S. The molecule has 0 saturated carbocycles. The van der Waals surface area contributed by atoms with Gasteiger partial charge in [-0.05, 0) is 0 Å². The lowest BCUT2D eigenvalue weighted by Crippen LogP contribution is -2.43. The zero-order chi connectivity index (χ0) is 13.2. The van der Waals surface area contributed by atoms with Crippen molar-refractivity contribution in [3.05, 3.63) is 0 Å². The number of carbonyl (C=O) groups excluding carboxylic acids is 2. The molecule has 3 N–H and O–H groups in total. The van der Waals surface area contributed by atoms with E-state index >= 15 is 0 Å². The molecule has 1 aliphatic heterocycles. The van der Waals surface area contributed by atoms with E-state index in [2.05, 4.69) is 16.0 Å². The van der Waals surface area contributed by atoms with Crippen LogP contribution in [0.3, 0.4) is 0 Å². The van der Waals surface area contributed by atoms with Crippen molar-refractivity contribution in [3.8, 4) is 0 Å². The average Bonchev–Trinajstić information content (AvgIpc) is 2.38. The molecule has 1 unspecified atom stereocenters. The largest absolute Gasteiger partial charge is 0.383 e. The maximum Gasteiger partial charge on any atom is 0.239 e. The molecule has 8 heteroatoms. The number of halogens is 1. The van der Waals surface area contributed by atoms with Gasteiger partial charge < -0.3 is 20.7 Å². The Balaban J connectivity index is 0.00000324. The minimum absolute atomic E-state index is 0. The van der Waals surface area contributed by atoms with Crippen LogP contribution in [-0.4, -0.2) is 62.7 Å². The van der Waals surface area contributed by atoms with Crippen LogP contribution in [0.4, 0.5) is 0 Å². The van der Waals surface area contributed by atoms with E-state index in [1.807, 2.05) is 11.8 Å². The van der Waals surface area contributed by atoms with E-state index in [9.17, 15) is 9.59 Å². The number of hydrogen-bond donors (Lipinski definition) is 3. The standard InChI is InChI=1S/C11H21N3O3S.ClH/c1-17-4-2-13-11(16)7-14-10(15)6-9-8-18-5-3-12-9;/h9,12H,2-8H2,1H3,(H,13,16)(H,14,15);1H. The second kappa shape index (κ2) is 11.3. The normalized spacial score (nSPS) is 18.3. The van der Waals surface area contributed by atoms with Crippen LogP contribution in [-0.2, 0) is 14.3 Å². The molecule has 112 valence electrons. The van der Waals surface area contributed by atoms with E-state index in [1.54, 1.807) is 7.11 Å². The Morgan fingerprint density at radius 2 is 2.16 bits per heavy atom. The summed E-state index contributed by atoms with van der Waals surface area (Å²) in [7, 11) is 1.57. The molecule has 1 rings (SSSR count). The quantitative estimate of drug-likeness (QED) is 0.546. The van der Waals surface area contributed by atoms with Gasteiger partial charge in [0.25, 0.3) is 0 Å². The zero-order valence-electron chi connectivity index (χ0n) is 11.1. The van der Waals surface area contributed by atoms with Crippen LogP contribution >= 0.6 is 24.2 Å². The van der Waals surface area contributed by atoms with Crippen molar-refractivity contribution >= 4 is 36.0 Å². The first kappa shape index (κ1) is 18.5. The molecule has 0 aromatic rings. The van der Waals surface area contributed by atoms with Gasteiger partial charge in [0.05, 0.1) is 13.2 Å². The maximum atomic E-state index is 11.6. The number of thioether (sulfide) groups is 1. The maximum absolute atomic E-state index is 11.6. The highest BCUT2D eigenvalue weighted by atomic mass is 35.5. The molecule has 6 nitrogen and oxygen atoms in total. The van der Waals surface area contributed by atoms with Gasteiger partial charge in [-0.1, -0.05) is 0 Å². The second-order valence-electron chi connectivity index (χ2n) is 4.05. The van der Waals surface area contributed by atoms with Crippen molar-refractivity contribution in [1.82, 2.24) is 16.0 Å². The van der Waals surface area contributed by atoms with Crippen molar-refractivity contribution in [2.75, 3.05) is 44.9 Å². The van der Waals surface area contributed by atoms with Crippen LogP contribution in [0.1, 0.15) is 6.42 Å². The molecule has 0 radical (unpaired) electrons. The fraction of sp³-hybridized carbons (Fsp3) is 0.818. The molecule has 0 aliphatic carbocycles. The number of amides is 2. The molecular weight excluding hydrogens is 290 g/mol. The molecule has 0 spiro atoms. The van der Waals surface area contributed by atoms with Crippen LogP contribution < -0.4 is 16.0 Å². The highest BCUT2D eigenvalue weighted by molar-refractivity contribution is 7.99. The first-order chi connectivity index (χ1) is 8.72. The monoisotopic (exact) mass is 311 g/mol. The Labute approximate surface area is 124 Å². The predicted octanol–water partition coefficient (Wildman–Crippen LogP) is -0.618. The highest BCUT2D eigenvalue weighted by Crippen LogP contribution is 2.09. The lowest BCUT2D eigenvalue weighted by molar-refractivity contribution is -0.126. The molecule has 1 atom stereocenters. The van der Waals surface area contributed by atoms with Crippen molar-refractivity contribution in [3.63, 3.8) is 0 Å². The predicted molar refractivity (Wildman–Crippen MR) is 78.9 cm³/mol. The van der Waals surface area contributed by atoms with Crippen LogP contribution in [0.25, 0.3) is 0 Å². The number of hydrogen-bond acceptors (Lipinski definition) is 5. The van der Waals surface area contributed by atoms with Crippen LogP contribution in [0.5, 0.6) is 0 Å². The van der Waals surface area contributed by atoms with Gasteiger partial charge in [0.1, 0.15) is 0 Å². The Morgan fingerprint density at radius 1 is 1.37 bits per heavy atom. The van der Waals surface area contributed by atoms with E-state index in [1.165, 1.54) is 0 Å². The number of nitrogens with one attached hydrogen (secondary N) is 3. The number of methoxy groups -OCH3 is 1. The van der Waals surface area contributed by atoms with Gasteiger partial charge in [0, 0.05) is 44.2 Å². The summed E-state index contributed by atoms with van der Waals surface area (Å²) in [5.74, 6) is 1.77. The van der Waals surface area contributed by atoms with Crippen molar-refractivity contribution < 1.29 is 14.3 Å². The summed E-state index contributed by atoms with van der Waals surface area (Å²) in [6, 6.07) is 0.223. The minimum Gasteiger partial charge on any atom is -0.383 e. The third kappa shape index (κ3) is 9.10. The number of carbonyl (C=O) groups is 2. The summed E-state index contributed by atoms with van der Waals surface area (Å²) in [5.41, 5.74) is 0. The summed E-state index contributed by atoms with van der Waals surface area (Å²) in [5, 5.41) is 8.54. The molecule has 1 heterocycles. The highest BCUT2D eigenvalue weighted by Gasteiger charge is 2.16. The molecule has 1 saturated heterocycles. The van der Waals surface area contributed by atoms with E-state index in [4.69, 9.17) is 4.74 Å². The molecule has 0 aromatic carbocycles. The third-order valence-electron chi connectivity index (χ3n) is 2.50. The topological polar surface area (TPSA) is 79.5 Å². The lowest BCUT2D eigenvalue weighted by Gasteiger charge is -2.22. The Morgan fingerprint density at radius 3 is 2.79 bits per heavy atom. The van der Waals surface area contributed by atoms with Gasteiger partial charge in [-0.2, -0.15) is 11.8 Å². The van der Waals surface area contributed by atoms with Gasteiger partial charge in [-0.25, -0.2) is 0 Å². The van der Waals surface area contributed by atoms with Gasteiger partial charge in [0.2, 0.25) is 11.8 Å². The fourth-order valence-electron chi connectivity index (χ4n) is 1.58. The van der Waals surface area contributed by atoms with Gasteiger partial charge in [-0.3, -0.25) is 9.59 Å².